The lowest BCUT2D eigenvalue weighted by Gasteiger charge is -2.12. The van der Waals surface area contributed by atoms with Gasteiger partial charge in [-0.1, -0.05) is 36.4 Å². The van der Waals surface area contributed by atoms with Crippen molar-refractivity contribution >= 4 is 5.91 Å². The zero-order valence-corrected chi connectivity index (χ0v) is 15.8. The summed E-state index contributed by atoms with van der Waals surface area (Å²) in [6, 6.07) is 18.6. The van der Waals surface area contributed by atoms with E-state index in [1.54, 1.807) is 44.7 Å². The van der Waals surface area contributed by atoms with E-state index in [1.807, 2.05) is 36.4 Å². The van der Waals surface area contributed by atoms with Gasteiger partial charge in [0.15, 0.2) is 11.5 Å². The molecule has 28 heavy (non-hydrogen) atoms. The van der Waals surface area contributed by atoms with E-state index in [0.29, 0.717) is 36.1 Å². The van der Waals surface area contributed by atoms with Crippen molar-refractivity contribution in [2.45, 2.75) is 13.2 Å². The van der Waals surface area contributed by atoms with Crippen LogP contribution in [-0.2, 0) is 13.2 Å². The zero-order valence-electron chi connectivity index (χ0n) is 15.8. The van der Waals surface area contributed by atoms with Crippen LogP contribution in [0.25, 0.3) is 0 Å². The van der Waals surface area contributed by atoms with Crippen LogP contribution in [0.1, 0.15) is 21.5 Å². The van der Waals surface area contributed by atoms with E-state index in [0.717, 1.165) is 11.1 Å². The molecule has 1 aromatic heterocycles. The first kappa shape index (κ1) is 19.2. The molecule has 3 rings (SSSR count). The topological polar surface area (TPSA) is 69.7 Å². The van der Waals surface area contributed by atoms with E-state index < -0.39 is 0 Å². The summed E-state index contributed by atoms with van der Waals surface area (Å²) in [6.07, 6.45) is 1.67. The van der Waals surface area contributed by atoms with Gasteiger partial charge >= 0.3 is 0 Å². The van der Waals surface area contributed by atoms with E-state index in [4.69, 9.17) is 14.2 Å². The molecule has 3 aromatic rings. The Morgan fingerprint density at radius 1 is 0.929 bits per heavy atom. The molecule has 0 aliphatic carbocycles. The highest BCUT2D eigenvalue weighted by Crippen LogP contribution is 2.29. The number of pyridine rings is 1. The number of carbonyl (C=O) groups excluding carboxylic acids is 1. The minimum atomic E-state index is -0.205. The number of benzene rings is 2. The highest BCUT2D eigenvalue weighted by Gasteiger charge is 2.11. The summed E-state index contributed by atoms with van der Waals surface area (Å²) in [4.78, 5) is 16.6. The standard InChI is InChI=1S/C22H22N2O4/c1-26-20-12-18(9-10-19(20)28-15-16-6-4-3-5-7-16)22(25)24-14-17-8-11-21(27-2)23-13-17/h3-13H,14-15H2,1-2H3,(H,24,25). The molecule has 1 amide bonds. The van der Waals surface area contributed by atoms with E-state index >= 15 is 0 Å². The van der Waals surface area contributed by atoms with Crippen molar-refractivity contribution in [3.63, 3.8) is 0 Å². The first-order chi connectivity index (χ1) is 13.7. The number of hydrogen-bond donors (Lipinski definition) is 1. The van der Waals surface area contributed by atoms with Crippen LogP contribution in [0.5, 0.6) is 17.4 Å². The van der Waals surface area contributed by atoms with Gasteiger partial charge < -0.3 is 19.5 Å². The van der Waals surface area contributed by atoms with Gasteiger partial charge in [-0.2, -0.15) is 0 Å². The first-order valence-electron chi connectivity index (χ1n) is 8.81. The third-order valence-electron chi connectivity index (χ3n) is 4.12. The third-order valence-corrected chi connectivity index (χ3v) is 4.12. The molecule has 6 heteroatoms. The number of nitrogens with one attached hydrogen (secondary N) is 1. The van der Waals surface area contributed by atoms with Crippen LogP contribution in [-0.4, -0.2) is 25.1 Å². The summed E-state index contributed by atoms with van der Waals surface area (Å²) in [5.74, 6) is 1.42. The second-order valence-electron chi connectivity index (χ2n) is 6.03. The Morgan fingerprint density at radius 2 is 1.75 bits per heavy atom. The second-order valence-corrected chi connectivity index (χ2v) is 6.03. The molecule has 0 aliphatic heterocycles. The number of methoxy groups -OCH3 is 2. The molecule has 0 aliphatic rings. The fraction of sp³-hybridized carbons (Fsp3) is 0.182. The lowest BCUT2D eigenvalue weighted by atomic mass is 10.1. The van der Waals surface area contributed by atoms with Crippen molar-refractivity contribution in [2.24, 2.45) is 0 Å². The van der Waals surface area contributed by atoms with Crippen molar-refractivity contribution in [1.82, 2.24) is 10.3 Å². The summed E-state index contributed by atoms with van der Waals surface area (Å²) in [5, 5.41) is 2.87. The maximum Gasteiger partial charge on any atom is 0.251 e. The third kappa shape index (κ3) is 5.01. The predicted octanol–water partition coefficient (Wildman–Crippen LogP) is 3.61. The Bertz CT molecular complexity index is 912. The normalized spacial score (nSPS) is 10.2. The van der Waals surface area contributed by atoms with Gasteiger partial charge in [-0.15, -0.1) is 0 Å². The molecule has 0 unspecified atom stereocenters. The smallest absolute Gasteiger partial charge is 0.251 e. The van der Waals surface area contributed by atoms with Gasteiger partial charge in [0.2, 0.25) is 5.88 Å². The molecule has 0 saturated heterocycles. The van der Waals surface area contributed by atoms with Gasteiger partial charge in [0.1, 0.15) is 6.61 Å². The summed E-state index contributed by atoms with van der Waals surface area (Å²) in [7, 11) is 3.11. The lowest BCUT2D eigenvalue weighted by Crippen LogP contribution is -2.22. The van der Waals surface area contributed by atoms with Gasteiger partial charge in [0.05, 0.1) is 14.2 Å². The zero-order chi connectivity index (χ0) is 19.8. The van der Waals surface area contributed by atoms with Gasteiger partial charge in [0.25, 0.3) is 5.91 Å². The molecule has 6 nitrogen and oxygen atoms in total. The van der Waals surface area contributed by atoms with Crippen LogP contribution < -0.4 is 19.5 Å². The number of rotatable bonds is 8. The summed E-state index contributed by atoms with van der Waals surface area (Å²) in [5.41, 5.74) is 2.42. The molecule has 0 fully saturated rings. The minimum absolute atomic E-state index is 0.205. The van der Waals surface area contributed by atoms with E-state index in [2.05, 4.69) is 10.3 Å². The second kappa shape index (κ2) is 9.41. The maximum atomic E-state index is 12.4. The molecule has 144 valence electrons. The average molecular weight is 378 g/mol. The SMILES string of the molecule is COc1ccc(CNC(=O)c2ccc(OCc3ccccc3)c(OC)c2)cn1. The summed E-state index contributed by atoms with van der Waals surface area (Å²) >= 11 is 0. The fourth-order valence-electron chi connectivity index (χ4n) is 2.58. The number of hydrogen-bond acceptors (Lipinski definition) is 5. The molecule has 1 heterocycles. The molecule has 1 N–H and O–H groups in total. The number of carbonyl (C=O) groups is 1. The number of aromatic nitrogens is 1. The first-order valence-corrected chi connectivity index (χ1v) is 8.81. The molecule has 2 aromatic carbocycles. The monoisotopic (exact) mass is 378 g/mol. The summed E-state index contributed by atoms with van der Waals surface area (Å²) in [6.45, 7) is 0.789. The van der Waals surface area contributed by atoms with Crippen molar-refractivity contribution in [2.75, 3.05) is 14.2 Å². The van der Waals surface area contributed by atoms with Crippen LogP contribution in [0.4, 0.5) is 0 Å². The van der Waals surface area contributed by atoms with Crippen LogP contribution >= 0.6 is 0 Å². The Morgan fingerprint density at radius 3 is 2.43 bits per heavy atom. The predicted molar refractivity (Wildman–Crippen MR) is 106 cm³/mol. The Kier molecular flexibility index (Phi) is 6.46. The molecular weight excluding hydrogens is 356 g/mol. The van der Waals surface area contributed by atoms with E-state index in [1.165, 1.54) is 0 Å². The highest BCUT2D eigenvalue weighted by atomic mass is 16.5. The fourth-order valence-corrected chi connectivity index (χ4v) is 2.58. The number of nitrogens with zero attached hydrogens (tertiary/aromatic N) is 1. The average Bonchev–Trinajstić information content (AvgIpc) is 2.77. The Balaban J connectivity index is 1.62. The van der Waals surface area contributed by atoms with E-state index in [9.17, 15) is 4.79 Å². The lowest BCUT2D eigenvalue weighted by molar-refractivity contribution is 0.0950. The van der Waals surface area contributed by atoms with Crippen molar-refractivity contribution in [3.05, 3.63) is 83.6 Å². The molecule has 0 saturated carbocycles. The van der Waals surface area contributed by atoms with Crippen molar-refractivity contribution in [3.8, 4) is 17.4 Å². The van der Waals surface area contributed by atoms with Gasteiger partial charge in [-0.25, -0.2) is 4.98 Å². The number of ether oxygens (including phenoxy) is 3. The minimum Gasteiger partial charge on any atom is -0.493 e. The van der Waals surface area contributed by atoms with Gasteiger partial charge in [0, 0.05) is 24.4 Å². The van der Waals surface area contributed by atoms with Gasteiger partial charge in [-0.3, -0.25) is 4.79 Å². The summed E-state index contributed by atoms with van der Waals surface area (Å²) < 4.78 is 16.2. The van der Waals surface area contributed by atoms with Crippen molar-refractivity contribution in [1.29, 1.82) is 0 Å². The molecule has 0 radical (unpaired) electrons. The van der Waals surface area contributed by atoms with Crippen molar-refractivity contribution < 1.29 is 19.0 Å². The molecular formula is C22H22N2O4. The largest absolute Gasteiger partial charge is 0.493 e. The molecule has 0 spiro atoms. The number of amides is 1. The van der Waals surface area contributed by atoms with Crippen LogP contribution in [0, 0.1) is 0 Å². The van der Waals surface area contributed by atoms with Crippen LogP contribution in [0.3, 0.4) is 0 Å². The maximum absolute atomic E-state index is 12.4. The molecule has 0 bridgehead atoms. The Labute approximate surface area is 164 Å². The van der Waals surface area contributed by atoms with E-state index in [-0.39, 0.29) is 5.91 Å². The van der Waals surface area contributed by atoms with Gasteiger partial charge in [-0.05, 0) is 29.3 Å². The van der Waals surface area contributed by atoms with Crippen LogP contribution in [0.2, 0.25) is 0 Å². The quantitative estimate of drug-likeness (QED) is 0.648. The highest BCUT2D eigenvalue weighted by molar-refractivity contribution is 5.94. The molecule has 0 atom stereocenters. The van der Waals surface area contributed by atoms with Crippen LogP contribution in [0.15, 0.2) is 66.9 Å². The Hall–Kier alpha value is -3.54.